The fraction of sp³-hybridized carbons (Fsp3) is 0.367. The normalized spacial score (nSPS) is 16.6. The number of carbonyl (C=O) groups excluding carboxylic acids is 2. The second-order valence-electron chi connectivity index (χ2n) is 19.9. The van der Waals surface area contributed by atoms with Crippen LogP contribution in [0.2, 0.25) is 0 Å². The molecule has 17 nitrogen and oxygen atoms in total. The van der Waals surface area contributed by atoms with Crippen LogP contribution in [0.15, 0.2) is 140 Å². The van der Waals surface area contributed by atoms with E-state index in [4.69, 9.17) is 43.1 Å². The highest BCUT2D eigenvalue weighted by Crippen LogP contribution is 2.51. The lowest BCUT2D eigenvalue weighted by Gasteiger charge is -2.39. The molecule has 0 bridgehead atoms. The Hall–Kier alpha value is -7.11. The molecule has 408 valence electrons. The predicted octanol–water partition coefficient (Wildman–Crippen LogP) is 11.5. The van der Waals surface area contributed by atoms with Crippen LogP contribution in [0, 0.1) is 5.41 Å². The van der Waals surface area contributed by atoms with E-state index in [2.05, 4.69) is 84.0 Å². The van der Waals surface area contributed by atoms with Crippen LogP contribution in [0.25, 0.3) is 22.3 Å². The van der Waals surface area contributed by atoms with Crippen molar-refractivity contribution in [2.75, 3.05) is 52.9 Å². The first-order valence-electron chi connectivity index (χ1n) is 26.5. The number of benzene rings is 5. The minimum absolute atomic E-state index is 0.0531. The van der Waals surface area contributed by atoms with E-state index in [-0.39, 0.29) is 49.4 Å². The van der Waals surface area contributed by atoms with Crippen LogP contribution < -0.4 is 14.8 Å². The zero-order valence-electron chi connectivity index (χ0n) is 45.3. The summed E-state index contributed by atoms with van der Waals surface area (Å²) >= 11 is 0. The van der Waals surface area contributed by atoms with Gasteiger partial charge in [-0.15, -0.1) is 0 Å². The number of hydrogen-bond acceptors (Lipinski definition) is 14. The van der Waals surface area contributed by atoms with E-state index in [1.165, 1.54) is 17.4 Å². The number of nitrogens with one attached hydrogen (secondary N) is 2. The van der Waals surface area contributed by atoms with Crippen molar-refractivity contribution in [1.29, 1.82) is 5.41 Å². The highest BCUT2D eigenvalue weighted by atomic mass is 31.2. The summed E-state index contributed by atoms with van der Waals surface area (Å²) in [5, 5.41) is 10.7. The van der Waals surface area contributed by atoms with E-state index >= 15 is 0 Å². The summed E-state index contributed by atoms with van der Waals surface area (Å²) in [7, 11) is 3.30. The van der Waals surface area contributed by atoms with E-state index in [1.54, 1.807) is 27.6 Å². The molecule has 2 aliphatic rings. The Kier molecular flexibility index (Phi) is 18.2. The quantitative estimate of drug-likeness (QED) is 0.0239. The van der Waals surface area contributed by atoms with Crippen molar-refractivity contribution in [3.8, 4) is 22.6 Å². The van der Waals surface area contributed by atoms with Gasteiger partial charge in [0.1, 0.15) is 42.4 Å². The average Bonchev–Trinajstić information content (AvgIpc) is 4.33. The molecular formula is C60H69N8O9P. The third-order valence-electron chi connectivity index (χ3n) is 14.2. The van der Waals surface area contributed by atoms with Crippen LogP contribution in [-0.4, -0.2) is 119 Å². The Balaban J connectivity index is 0.934. The van der Waals surface area contributed by atoms with Gasteiger partial charge in [0.25, 0.3) is 8.53 Å². The highest BCUT2D eigenvalue weighted by Gasteiger charge is 2.45. The molecule has 2 aromatic heterocycles. The molecule has 0 spiro atoms. The summed E-state index contributed by atoms with van der Waals surface area (Å²) in [5.74, 6) is 1.32. The summed E-state index contributed by atoms with van der Waals surface area (Å²) in [4.78, 5) is 42.0. The van der Waals surface area contributed by atoms with E-state index in [0.29, 0.717) is 55.1 Å². The maximum absolute atomic E-state index is 13.5. The number of fused-ring (bicyclic) bond motifs is 4. The Morgan fingerprint density at radius 3 is 2.01 bits per heavy atom. The van der Waals surface area contributed by atoms with Crippen LogP contribution in [0.5, 0.6) is 11.5 Å². The SMILES string of the molecule is COc1ccc(C(OC[C@H]2O[C@@H](n3cnc4c(NC(=O)CCCN(C)C(=O)OCC5c6ccccc6-c6ccccc65)ncnc43)CC2OP(OCCC=N)N(C(C)C)C(C)C)(c2ccccc2)c2ccc(OC)cc2)cc1. The topological polar surface area (TPSA) is 185 Å². The second kappa shape index (κ2) is 25.6. The molecule has 1 fully saturated rings. The van der Waals surface area contributed by atoms with Crippen molar-refractivity contribution in [3.05, 3.63) is 168 Å². The van der Waals surface area contributed by atoms with Gasteiger partial charge in [0.15, 0.2) is 17.0 Å². The first kappa shape index (κ1) is 55.6. The molecule has 4 atom stereocenters. The van der Waals surface area contributed by atoms with E-state index in [0.717, 1.165) is 38.9 Å². The fourth-order valence-electron chi connectivity index (χ4n) is 10.5. The van der Waals surface area contributed by atoms with Crippen LogP contribution in [0.1, 0.15) is 93.3 Å². The Bertz CT molecular complexity index is 3020. The zero-order valence-corrected chi connectivity index (χ0v) is 46.2. The largest absolute Gasteiger partial charge is 0.497 e. The zero-order chi connectivity index (χ0) is 54.8. The van der Waals surface area contributed by atoms with Crippen LogP contribution >= 0.6 is 8.53 Å². The molecule has 9 rings (SSSR count). The predicted molar refractivity (Wildman–Crippen MR) is 301 cm³/mol. The molecule has 2 unspecified atom stereocenters. The molecular weight excluding hydrogens is 1010 g/mol. The molecule has 1 aliphatic heterocycles. The van der Waals surface area contributed by atoms with Crippen molar-refractivity contribution >= 4 is 43.7 Å². The number of imidazole rings is 1. The number of aromatic nitrogens is 4. The molecule has 18 heteroatoms. The number of methoxy groups -OCH3 is 2. The first-order valence-corrected chi connectivity index (χ1v) is 27.6. The molecule has 0 saturated carbocycles. The van der Waals surface area contributed by atoms with Gasteiger partial charge in [0.2, 0.25) is 5.91 Å². The third kappa shape index (κ3) is 12.1. The Morgan fingerprint density at radius 1 is 0.808 bits per heavy atom. The molecule has 0 radical (unpaired) electrons. The molecule has 7 aromatic rings. The van der Waals surface area contributed by atoms with Crippen molar-refractivity contribution in [2.24, 2.45) is 0 Å². The minimum Gasteiger partial charge on any atom is -0.497 e. The maximum Gasteiger partial charge on any atom is 0.409 e. The molecule has 3 heterocycles. The van der Waals surface area contributed by atoms with Crippen molar-refractivity contribution in [1.82, 2.24) is 29.1 Å². The lowest BCUT2D eigenvalue weighted by molar-refractivity contribution is -0.116. The van der Waals surface area contributed by atoms with Gasteiger partial charge in [0.05, 0.1) is 39.9 Å². The molecule has 2 amide bonds. The van der Waals surface area contributed by atoms with Crippen molar-refractivity contribution in [3.63, 3.8) is 0 Å². The van der Waals surface area contributed by atoms with Gasteiger partial charge in [-0.1, -0.05) is 103 Å². The lowest BCUT2D eigenvalue weighted by atomic mass is 9.80. The van der Waals surface area contributed by atoms with Gasteiger partial charge in [0, 0.05) is 50.9 Å². The number of rotatable bonds is 25. The Morgan fingerprint density at radius 2 is 1.41 bits per heavy atom. The fourth-order valence-corrected chi connectivity index (χ4v) is 12.2. The maximum atomic E-state index is 13.5. The van der Waals surface area contributed by atoms with Gasteiger partial charge < -0.3 is 48.4 Å². The van der Waals surface area contributed by atoms with Gasteiger partial charge in [-0.3, -0.25) is 9.36 Å². The molecule has 78 heavy (non-hydrogen) atoms. The van der Waals surface area contributed by atoms with Gasteiger partial charge >= 0.3 is 6.09 Å². The lowest BCUT2D eigenvalue weighted by Crippen LogP contribution is -2.39. The molecule has 2 N–H and O–H groups in total. The molecule has 1 aliphatic carbocycles. The van der Waals surface area contributed by atoms with E-state index < -0.39 is 38.7 Å². The van der Waals surface area contributed by atoms with E-state index in [1.807, 2.05) is 95.6 Å². The summed E-state index contributed by atoms with van der Waals surface area (Å²) < 4.78 is 49.3. The van der Waals surface area contributed by atoms with Crippen LogP contribution in [-0.2, 0) is 33.7 Å². The molecule has 5 aromatic carbocycles. The van der Waals surface area contributed by atoms with Crippen molar-refractivity contribution < 1.29 is 42.3 Å². The number of anilines is 1. The highest BCUT2D eigenvalue weighted by molar-refractivity contribution is 7.44. The summed E-state index contributed by atoms with van der Waals surface area (Å²) in [5.41, 5.74) is 6.91. The minimum atomic E-state index is -1.65. The van der Waals surface area contributed by atoms with Gasteiger partial charge in [-0.05, 0) is 104 Å². The number of carbonyl (C=O) groups is 2. The van der Waals surface area contributed by atoms with E-state index in [9.17, 15) is 9.59 Å². The monoisotopic (exact) mass is 1080 g/mol. The summed E-state index contributed by atoms with van der Waals surface area (Å²) in [6, 6.07) is 42.4. The standard InChI is InChI=1S/C60H69N8O9P/c1-40(2)68(41(3)4)78(75-34-16-32-61)77-52-35-55(76-53(52)37-74-60(42-17-9-8-10-18-42,43-24-28-45(71-6)29-25-43)44-26-30-46(72-7)31-27-44)67-39-64-56-57(62-38-63-58(56)67)65-54(69)23-15-33-66(5)59(70)73-36-51-49-21-13-11-19-47(49)48-20-12-14-22-50(48)51/h8-14,17-22,24-32,38-41,51-53,55,61H,15-16,23,33-37H2,1-7H3,(H,62,63,65,69)/t52?,53-,55-,78?/m1/s1. The molecule has 1 saturated heterocycles. The van der Waals surface area contributed by atoms with Gasteiger partial charge in [-0.2, -0.15) is 0 Å². The number of amides is 2. The number of ether oxygens (including phenoxy) is 5. The third-order valence-corrected chi connectivity index (χ3v) is 16.4. The van der Waals surface area contributed by atoms with Crippen LogP contribution in [0.4, 0.5) is 10.6 Å². The number of nitrogens with zero attached hydrogens (tertiary/aromatic N) is 6. The van der Waals surface area contributed by atoms with Gasteiger partial charge in [-0.25, -0.2) is 24.4 Å². The summed E-state index contributed by atoms with van der Waals surface area (Å²) in [6.45, 7) is 9.36. The van der Waals surface area contributed by atoms with Crippen molar-refractivity contribution in [2.45, 2.75) is 95.4 Å². The second-order valence-corrected chi connectivity index (χ2v) is 21.3. The smallest absolute Gasteiger partial charge is 0.409 e. The Labute approximate surface area is 457 Å². The van der Waals surface area contributed by atoms with Crippen LogP contribution in [0.3, 0.4) is 0 Å². The summed E-state index contributed by atoms with van der Waals surface area (Å²) in [6.07, 6.45) is 3.36. The first-order chi connectivity index (χ1) is 37.9. The average molecular weight is 1080 g/mol. The number of hydrogen-bond donors (Lipinski definition) is 2.